The van der Waals surface area contributed by atoms with Gasteiger partial charge in [0.25, 0.3) is 0 Å². The molecule has 2 aliphatic carbocycles. The van der Waals surface area contributed by atoms with Crippen LogP contribution in [0.5, 0.6) is 5.75 Å². The first kappa shape index (κ1) is 15.3. The summed E-state index contributed by atoms with van der Waals surface area (Å²) in [5.41, 5.74) is 0.933. The fraction of sp³-hybridized carbons (Fsp3) is 0.529. The minimum atomic E-state index is -0.693. The van der Waals surface area contributed by atoms with E-state index in [1.807, 2.05) is 0 Å². The van der Waals surface area contributed by atoms with Crippen molar-refractivity contribution in [3.63, 3.8) is 0 Å². The van der Waals surface area contributed by atoms with Gasteiger partial charge in [0, 0.05) is 6.42 Å². The van der Waals surface area contributed by atoms with Crippen LogP contribution in [0, 0.1) is 5.41 Å². The maximum atomic E-state index is 12.6. The first-order valence-corrected chi connectivity index (χ1v) is 8.10. The van der Waals surface area contributed by atoms with Crippen molar-refractivity contribution in [1.82, 2.24) is 0 Å². The lowest BCUT2D eigenvalue weighted by Crippen LogP contribution is -2.30. The topological polar surface area (TPSA) is 63.6 Å². The lowest BCUT2D eigenvalue weighted by molar-refractivity contribution is 0.0523. The first-order valence-electron chi connectivity index (χ1n) is 7.72. The number of aromatic hydroxyl groups is 1. The van der Waals surface area contributed by atoms with Crippen molar-refractivity contribution in [3.05, 3.63) is 27.8 Å². The van der Waals surface area contributed by atoms with Crippen molar-refractivity contribution in [2.75, 3.05) is 6.61 Å². The number of fused-ring (bicyclic) bond motifs is 1. The average molecular weight is 323 g/mol. The zero-order valence-corrected chi connectivity index (χ0v) is 13.3. The molecule has 0 atom stereocenters. The molecule has 0 unspecified atom stereocenters. The quantitative estimate of drug-likeness (QED) is 0.838. The third kappa shape index (κ3) is 2.39. The van der Waals surface area contributed by atoms with Crippen molar-refractivity contribution in [2.24, 2.45) is 5.41 Å². The minimum absolute atomic E-state index is 0.0191. The molecule has 1 aromatic carbocycles. The number of halogens is 1. The average Bonchev–Trinajstić information content (AvgIpc) is 2.85. The van der Waals surface area contributed by atoms with Crippen molar-refractivity contribution in [2.45, 2.75) is 45.4 Å². The van der Waals surface area contributed by atoms with Crippen LogP contribution in [0.1, 0.15) is 65.3 Å². The molecule has 0 aromatic heterocycles. The highest BCUT2D eigenvalue weighted by atomic mass is 35.5. The van der Waals surface area contributed by atoms with Crippen molar-refractivity contribution in [3.8, 4) is 5.75 Å². The van der Waals surface area contributed by atoms with Crippen LogP contribution in [0.15, 0.2) is 6.07 Å². The number of hydrogen-bond acceptors (Lipinski definition) is 4. The van der Waals surface area contributed by atoms with Gasteiger partial charge in [-0.2, -0.15) is 0 Å². The van der Waals surface area contributed by atoms with E-state index in [1.165, 1.54) is 0 Å². The van der Waals surface area contributed by atoms with E-state index >= 15 is 0 Å². The number of hydrogen-bond donors (Lipinski definition) is 1. The molecule has 2 aliphatic rings. The second-order valence-electron chi connectivity index (χ2n) is 6.32. The highest BCUT2D eigenvalue weighted by molar-refractivity contribution is 6.34. The van der Waals surface area contributed by atoms with E-state index in [0.29, 0.717) is 6.42 Å². The molecule has 0 saturated heterocycles. The molecule has 1 saturated carbocycles. The van der Waals surface area contributed by atoms with E-state index in [-0.39, 0.29) is 39.7 Å². The predicted molar refractivity (Wildman–Crippen MR) is 82.6 cm³/mol. The maximum Gasteiger partial charge on any atom is 0.343 e. The molecule has 0 bridgehead atoms. The molecule has 0 heterocycles. The number of benzene rings is 1. The number of carbonyl (C=O) groups excluding carboxylic acids is 2. The van der Waals surface area contributed by atoms with Crippen molar-refractivity contribution < 1.29 is 19.4 Å². The Hall–Kier alpha value is -1.55. The van der Waals surface area contributed by atoms with Crippen LogP contribution < -0.4 is 0 Å². The lowest BCUT2D eigenvalue weighted by atomic mass is 9.69. The highest BCUT2D eigenvalue weighted by Gasteiger charge is 2.42. The highest BCUT2D eigenvalue weighted by Crippen LogP contribution is 2.50. The molecule has 3 rings (SSSR count). The van der Waals surface area contributed by atoms with Gasteiger partial charge in [0.15, 0.2) is 5.78 Å². The number of Topliss-reactive ketones (excluding diaryl/α,β-unsaturated/α-hetero) is 1. The van der Waals surface area contributed by atoms with E-state index in [9.17, 15) is 14.7 Å². The Morgan fingerprint density at radius 3 is 2.68 bits per heavy atom. The van der Waals surface area contributed by atoms with E-state index < -0.39 is 5.97 Å². The second-order valence-corrected chi connectivity index (χ2v) is 6.73. The summed E-state index contributed by atoms with van der Waals surface area (Å²) in [6.07, 6.45) is 5.54. The van der Waals surface area contributed by atoms with Gasteiger partial charge in [-0.25, -0.2) is 4.79 Å². The molecule has 0 radical (unpaired) electrons. The molecular formula is C17H19ClO4. The summed E-state index contributed by atoms with van der Waals surface area (Å²) < 4.78 is 4.91. The van der Waals surface area contributed by atoms with Gasteiger partial charge in [-0.3, -0.25) is 4.79 Å². The van der Waals surface area contributed by atoms with Crippen LogP contribution in [0.3, 0.4) is 0 Å². The zero-order chi connectivity index (χ0) is 15.9. The standard InChI is InChI=1S/C17H19ClO4/c1-2-22-16(21)14-11(18)7-10-8-17(5-3-4-6-17)9-12(19)13(10)15(14)20/h7,20H,2-6,8-9H2,1H3. The Kier molecular flexibility index (Phi) is 3.89. The van der Waals surface area contributed by atoms with Crippen LogP contribution in [0.2, 0.25) is 5.02 Å². The molecule has 0 amide bonds. The molecule has 1 N–H and O–H groups in total. The maximum absolute atomic E-state index is 12.6. The summed E-state index contributed by atoms with van der Waals surface area (Å²) in [5.74, 6) is -1.11. The van der Waals surface area contributed by atoms with Crippen molar-refractivity contribution >= 4 is 23.4 Å². The van der Waals surface area contributed by atoms with E-state index in [1.54, 1.807) is 13.0 Å². The fourth-order valence-electron chi connectivity index (χ4n) is 3.91. The molecule has 4 nitrogen and oxygen atoms in total. The fourth-order valence-corrected chi connectivity index (χ4v) is 4.21. The number of esters is 1. The normalized spacial score (nSPS) is 19.3. The van der Waals surface area contributed by atoms with Gasteiger partial charge in [0.1, 0.15) is 11.3 Å². The lowest BCUT2D eigenvalue weighted by Gasteiger charge is -2.34. The summed E-state index contributed by atoms with van der Waals surface area (Å²) in [6, 6.07) is 1.65. The largest absolute Gasteiger partial charge is 0.506 e. The molecule has 22 heavy (non-hydrogen) atoms. The van der Waals surface area contributed by atoms with Gasteiger partial charge in [0.2, 0.25) is 0 Å². The summed E-state index contributed by atoms with van der Waals surface area (Å²) >= 11 is 6.17. The summed E-state index contributed by atoms with van der Waals surface area (Å²) in [5, 5.41) is 10.6. The summed E-state index contributed by atoms with van der Waals surface area (Å²) in [4.78, 5) is 24.5. The Morgan fingerprint density at radius 2 is 2.05 bits per heavy atom. The number of phenols is 1. The molecule has 5 heteroatoms. The zero-order valence-electron chi connectivity index (χ0n) is 12.6. The molecule has 118 valence electrons. The van der Waals surface area contributed by atoms with Crippen molar-refractivity contribution in [1.29, 1.82) is 0 Å². The first-order chi connectivity index (χ1) is 10.5. The Bertz CT molecular complexity index is 645. The van der Waals surface area contributed by atoms with Gasteiger partial charge in [-0.05, 0) is 43.2 Å². The van der Waals surface area contributed by atoms with Crippen LogP contribution in [-0.4, -0.2) is 23.5 Å². The predicted octanol–water partition coefficient (Wildman–Crippen LogP) is 3.91. The third-order valence-corrected chi connectivity index (χ3v) is 5.16. The third-order valence-electron chi connectivity index (χ3n) is 4.86. The minimum Gasteiger partial charge on any atom is -0.506 e. The Morgan fingerprint density at radius 1 is 1.36 bits per heavy atom. The smallest absolute Gasteiger partial charge is 0.343 e. The Labute approximate surface area is 134 Å². The SMILES string of the molecule is CCOC(=O)c1c(Cl)cc2c(c1O)C(=O)CC1(CCCC1)C2. The van der Waals surface area contributed by atoms with Gasteiger partial charge in [0.05, 0.1) is 17.2 Å². The number of ether oxygens (including phenoxy) is 1. The summed E-state index contributed by atoms with van der Waals surface area (Å²) in [6.45, 7) is 1.86. The second kappa shape index (κ2) is 5.58. The number of ketones is 1. The van der Waals surface area contributed by atoms with Crippen LogP contribution in [0.25, 0.3) is 0 Å². The van der Waals surface area contributed by atoms with Gasteiger partial charge in [-0.15, -0.1) is 0 Å². The molecular weight excluding hydrogens is 304 g/mol. The molecule has 1 fully saturated rings. The summed E-state index contributed by atoms with van der Waals surface area (Å²) in [7, 11) is 0. The van der Waals surface area contributed by atoms with Gasteiger partial charge >= 0.3 is 5.97 Å². The van der Waals surface area contributed by atoms with Gasteiger partial charge in [-0.1, -0.05) is 24.4 Å². The van der Waals surface area contributed by atoms with Crippen LogP contribution >= 0.6 is 11.6 Å². The van der Waals surface area contributed by atoms with E-state index in [2.05, 4.69) is 0 Å². The molecule has 1 aromatic rings. The monoisotopic (exact) mass is 322 g/mol. The van der Waals surface area contributed by atoms with E-state index in [4.69, 9.17) is 16.3 Å². The molecule has 0 aliphatic heterocycles. The van der Waals surface area contributed by atoms with Gasteiger partial charge < -0.3 is 9.84 Å². The number of carbonyl (C=O) groups is 2. The molecule has 1 spiro atoms. The number of rotatable bonds is 2. The van der Waals surface area contributed by atoms with E-state index in [0.717, 1.165) is 37.7 Å². The van der Waals surface area contributed by atoms with Crippen LogP contribution in [-0.2, 0) is 11.2 Å². The Balaban J connectivity index is 2.07. The number of phenolic OH excluding ortho intramolecular Hbond substituents is 1. The van der Waals surface area contributed by atoms with Crippen LogP contribution in [0.4, 0.5) is 0 Å².